The molecule has 0 spiro atoms. The maximum Gasteiger partial charge on any atom is 0.159 e. The van der Waals surface area contributed by atoms with Gasteiger partial charge in [0.2, 0.25) is 0 Å². The van der Waals surface area contributed by atoms with E-state index in [1.165, 1.54) is 12.1 Å². The lowest BCUT2D eigenvalue weighted by molar-refractivity contribution is 0.290. The highest BCUT2D eigenvalue weighted by atomic mass is 19.2. The Bertz CT molecular complexity index is 379. The summed E-state index contributed by atoms with van der Waals surface area (Å²) in [5, 5.41) is 3.41. The molecule has 18 heavy (non-hydrogen) atoms. The van der Waals surface area contributed by atoms with Gasteiger partial charge in [-0.15, -0.1) is 0 Å². The molecule has 0 saturated carbocycles. The molecule has 0 bridgehead atoms. The van der Waals surface area contributed by atoms with Crippen molar-refractivity contribution in [3.63, 3.8) is 0 Å². The lowest BCUT2D eigenvalue weighted by Crippen LogP contribution is -2.33. The van der Waals surface area contributed by atoms with Crippen LogP contribution in [0.2, 0.25) is 0 Å². The summed E-state index contributed by atoms with van der Waals surface area (Å²) in [6, 6.07) is 4.19. The van der Waals surface area contributed by atoms with Crippen molar-refractivity contribution in [1.29, 1.82) is 0 Å². The highest BCUT2D eigenvalue weighted by Gasteiger charge is 2.22. The van der Waals surface area contributed by atoms with Gasteiger partial charge in [0, 0.05) is 6.54 Å². The number of rotatable bonds is 7. The maximum atomic E-state index is 13.2. The van der Waals surface area contributed by atoms with Crippen LogP contribution in [0.3, 0.4) is 0 Å². The van der Waals surface area contributed by atoms with Crippen molar-refractivity contribution < 1.29 is 8.78 Å². The smallest absolute Gasteiger partial charge is 0.159 e. The number of hydrogen-bond acceptors (Lipinski definition) is 1. The molecule has 0 aliphatic carbocycles. The molecule has 1 rings (SSSR count). The highest BCUT2D eigenvalue weighted by Crippen LogP contribution is 2.26. The van der Waals surface area contributed by atoms with Gasteiger partial charge < -0.3 is 5.32 Å². The molecule has 0 heterocycles. The number of nitrogens with one attached hydrogen (secondary N) is 1. The Kier molecular flexibility index (Phi) is 5.73. The van der Waals surface area contributed by atoms with E-state index in [2.05, 4.69) is 26.1 Å². The van der Waals surface area contributed by atoms with Crippen molar-refractivity contribution >= 4 is 0 Å². The molecule has 1 nitrogen and oxygen atoms in total. The Balaban J connectivity index is 2.68. The molecule has 0 aromatic heterocycles. The molecule has 1 N–H and O–H groups in total. The molecule has 0 fully saturated rings. The fourth-order valence-electron chi connectivity index (χ4n) is 2.02. The van der Waals surface area contributed by atoms with Gasteiger partial charge in [-0.3, -0.25) is 0 Å². The third kappa shape index (κ3) is 4.37. The van der Waals surface area contributed by atoms with Crippen LogP contribution in [0.15, 0.2) is 18.2 Å². The minimum Gasteiger partial charge on any atom is -0.316 e. The Morgan fingerprint density at radius 2 is 1.89 bits per heavy atom. The van der Waals surface area contributed by atoms with E-state index in [9.17, 15) is 8.78 Å². The zero-order valence-corrected chi connectivity index (χ0v) is 11.5. The molecule has 3 heteroatoms. The molecule has 1 unspecified atom stereocenters. The van der Waals surface area contributed by atoms with Gasteiger partial charge in [0.25, 0.3) is 0 Å². The largest absolute Gasteiger partial charge is 0.316 e. The summed E-state index contributed by atoms with van der Waals surface area (Å²) in [6.07, 6.45) is 2.87. The van der Waals surface area contributed by atoms with Crippen LogP contribution in [0.4, 0.5) is 8.78 Å². The summed E-state index contributed by atoms with van der Waals surface area (Å²) < 4.78 is 26.0. The lowest BCUT2D eigenvalue weighted by Gasteiger charge is -2.29. The van der Waals surface area contributed by atoms with E-state index < -0.39 is 11.6 Å². The summed E-state index contributed by atoms with van der Waals surface area (Å²) in [6.45, 7) is 8.33. The molecule has 0 saturated heterocycles. The van der Waals surface area contributed by atoms with Crippen molar-refractivity contribution in [2.45, 2.75) is 40.0 Å². The number of halogens is 2. The van der Waals surface area contributed by atoms with E-state index in [0.29, 0.717) is 0 Å². The van der Waals surface area contributed by atoms with Gasteiger partial charge >= 0.3 is 0 Å². The van der Waals surface area contributed by atoms with E-state index in [0.717, 1.165) is 37.9 Å². The third-order valence-electron chi connectivity index (χ3n) is 3.45. The molecule has 0 aliphatic heterocycles. The Labute approximate surface area is 109 Å². The van der Waals surface area contributed by atoms with E-state index >= 15 is 0 Å². The summed E-state index contributed by atoms with van der Waals surface area (Å²) in [5.41, 5.74) is 0.941. The number of benzene rings is 1. The summed E-state index contributed by atoms with van der Waals surface area (Å²) in [4.78, 5) is 0. The Morgan fingerprint density at radius 1 is 1.17 bits per heavy atom. The fourth-order valence-corrected chi connectivity index (χ4v) is 2.02. The van der Waals surface area contributed by atoms with Gasteiger partial charge in [0.15, 0.2) is 11.6 Å². The first kappa shape index (κ1) is 15.1. The molecular formula is C15H23F2N. The summed E-state index contributed by atoms with van der Waals surface area (Å²) >= 11 is 0. The van der Waals surface area contributed by atoms with Crippen LogP contribution in [-0.4, -0.2) is 13.1 Å². The van der Waals surface area contributed by atoms with Crippen LogP contribution < -0.4 is 5.32 Å². The second-order valence-corrected chi connectivity index (χ2v) is 5.27. The molecule has 0 amide bonds. The third-order valence-corrected chi connectivity index (χ3v) is 3.45. The first-order chi connectivity index (χ1) is 8.50. The highest BCUT2D eigenvalue weighted by molar-refractivity contribution is 5.19. The molecular weight excluding hydrogens is 232 g/mol. The maximum absolute atomic E-state index is 13.2. The lowest BCUT2D eigenvalue weighted by atomic mass is 9.81. The Morgan fingerprint density at radius 3 is 2.44 bits per heavy atom. The van der Waals surface area contributed by atoms with Gasteiger partial charge in [-0.05, 0) is 48.9 Å². The topological polar surface area (TPSA) is 12.0 Å². The minimum atomic E-state index is -0.777. The van der Waals surface area contributed by atoms with Crippen molar-refractivity contribution in [3.05, 3.63) is 35.4 Å². The molecule has 0 radical (unpaired) electrons. The number of hydrogen-bond donors (Lipinski definition) is 1. The van der Waals surface area contributed by atoms with Gasteiger partial charge in [-0.25, -0.2) is 8.78 Å². The van der Waals surface area contributed by atoms with E-state index in [-0.39, 0.29) is 5.41 Å². The van der Waals surface area contributed by atoms with E-state index in [1.54, 1.807) is 6.07 Å². The zero-order valence-electron chi connectivity index (χ0n) is 11.5. The summed E-state index contributed by atoms with van der Waals surface area (Å²) in [5.74, 6) is -1.53. The first-order valence-electron chi connectivity index (χ1n) is 6.65. The monoisotopic (exact) mass is 255 g/mol. The molecule has 0 aliphatic rings. The predicted molar refractivity (Wildman–Crippen MR) is 71.6 cm³/mol. The SMILES string of the molecule is CCCNCC(C)(CC)Cc1ccc(F)c(F)c1. The second-order valence-electron chi connectivity index (χ2n) is 5.27. The molecule has 1 aromatic rings. The first-order valence-corrected chi connectivity index (χ1v) is 6.65. The minimum absolute atomic E-state index is 0.0828. The van der Waals surface area contributed by atoms with Gasteiger partial charge in [0.1, 0.15) is 0 Å². The van der Waals surface area contributed by atoms with Crippen LogP contribution in [0.5, 0.6) is 0 Å². The van der Waals surface area contributed by atoms with E-state index in [4.69, 9.17) is 0 Å². The van der Waals surface area contributed by atoms with Crippen LogP contribution in [0.25, 0.3) is 0 Å². The van der Waals surface area contributed by atoms with Crippen molar-refractivity contribution in [2.75, 3.05) is 13.1 Å². The average molecular weight is 255 g/mol. The Hall–Kier alpha value is -0.960. The van der Waals surface area contributed by atoms with Crippen LogP contribution in [0, 0.1) is 17.0 Å². The standard InChI is InChI=1S/C15H23F2N/c1-4-8-18-11-15(3,5-2)10-12-6-7-13(16)14(17)9-12/h6-7,9,18H,4-5,8,10-11H2,1-3H3. The van der Waals surface area contributed by atoms with Crippen molar-refractivity contribution in [2.24, 2.45) is 5.41 Å². The predicted octanol–water partition coefficient (Wildman–Crippen LogP) is 3.92. The zero-order chi connectivity index (χ0) is 13.6. The van der Waals surface area contributed by atoms with Crippen LogP contribution in [0.1, 0.15) is 39.2 Å². The molecule has 1 aromatic carbocycles. The van der Waals surface area contributed by atoms with Crippen LogP contribution >= 0.6 is 0 Å². The quantitative estimate of drug-likeness (QED) is 0.728. The molecule has 102 valence electrons. The van der Waals surface area contributed by atoms with Crippen molar-refractivity contribution in [1.82, 2.24) is 5.32 Å². The molecule has 1 atom stereocenters. The second kappa shape index (κ2) is 6.83. The average Bonchev–Trinajstić information content (AvgIpc) is 2.34. The fraction of sp³-hybridized carbons (Fsp3) is 0.600. The van der Waals surface area contributed by atoms with Crippen molar-refractivity contribution in [3.8, 4) is 0 Å². The van der Waals surface area contributed by atoms with Gasteiger partial charge in [-0.1, -0.05) is 26.8 Å². The van der Waals surface area contributed by atoms with Gasteiger partial charge in [-0.2, -0.15) is 0 Å². The van der Waals surface area contributed by atoms with E-state index in [1.807, 2.05) is 0 Å². The van der Waals surface area contributed by atoms with Gasteiger partial charge in [0.05, 0.1) is 0 Å². The summed E-state index contributed by atoms with van der Waals surface area (Å²) in [7, 11) is 0. The normalized spacial score (nSPS) is 14.5. The van der Waals surface area contributed by atoms with Crippen LogP contribution in [-0.2, 0) is 6.42 Å².